The van der Waals surface area contributed by atoms with Gasteiger partial charge >= 0.3 is 0 Å². The van der Waals surface area contributed by atoms with Crippen molar-refractivity contribution in [2.75, 3.05) is 25.0 Å². The highest BCUT2D eigenvalue weighted by Crippen LogP contribution is 2.28. The van der Waals surface area contributed by atoms with Gasteiger partial charge in [-0.25, -0.2) is 9.97 Å². The normalized spacial score (nSPS) is 13.6. The summed E-state index contributed by atoms with van der Waals surface area (Å²) in [4.78, 5) is 23.5. The third-order valence-electron chi connectivity index (χ3n) is 4.53. The number of aryl methyl sites for hydroxylation is 1. The molecule has 146 valence electrons. The van der Waals surface area contributed by atoms with Crippen LogP contribution in [0, 0.1) is 5.92 Å². The van der Waals surface area contributed by atoms with Crippen LogP contribution in [-0.4, -0.2) is 36.0 Å². The summed E-state index contributed by atoms with van der Waals surface area (Å²) in [6, 6.07) is 5.64. The van der Waals surface area contributed by atoms with E-state index in [0.717, 1.165) is 48.4 Å². The number of carbonyl (C=O) groups is 1. The van der Waals surface area contributed by atoms with E-state index in [9.17, 15) is 4.79 Å². The highest BCUT2D eigenvalue weighted by molar-refractivity contribution is 7.98. The second-order valence-electron chi connectivity index (χ2n) is 6.98. The molecule has 0 saturated heterocycles. The average Bonchev–Trinajstić information content (AvgIpc) is 3.39. The van der Waals surface area contributed by atoms with E-state index in [2.05, 4.69) is 47.1 Å². The minimum atomic E-state index is -0.133. The Morgan fingerprint density at radius 2 is 2.15 bits per heavy atom. The Labute approximate surface area is 165 Å². The quantitative estimate of drug-likeness (QED) is 0.491. The zero-order valence-corrected chi connectivity index (χ0v) is 17.1. The Kier molecular flexibility index (Phi) is 6.77. The SMILES string of the molecule is CCCN(C)c1cc(CC)nc(SCc2ccc(C(=O)NCC3CC3)o2)n1. The molecule has 0 aromatic carbocycles. The van der Waals surface area contributed by atoms with E-state index in [-0.39, 0.29) is 5.91 Å². The number of nitrogens with one attached hydrogen (secondary N) is 1. The lowest BCUT2D eigenvalue weighted by molar-refractivity contribution is 0.0922. The van der Waals surface area contributed by atoms with Gasteiger partial charge in [-0.05, 0) is 43.7 Å². The number of nitrogens with zero attached hydrogens (tertiary/aromatic N) is 3. The van der Waals surface area contributed by atoms with Gasteiger partial charge in [-0.15, -0.1) is 0 Å². The van der Waals surface area contributed by atoms with E-state index in [0.29, 0.717) is 17.4 Å². The molecule has 2 aromatic heterocycles. The van der Waals surface area contributed by atoms with Gasteiger partial charge in [-0.2, -0.15) is 0 Å². The van der Waals surface area contributed by atoms with Gasteiger partial charge in [0.25, 0.3) is 5.91 Å². The summed E-state index contributed by atoms with van der Waals surface area (Å²) >= 11 is 1.53. The molecule has 1 aliphatic rings. The predicted molar refractivity (Wildman–Crippen MR) is 108 cm³/mol. The minimum absolute atomic E-state index is 0.133. The van der Waals surface area contributed by atoms with Crippen LogP contribution in [0.2, 0.25) is 0 Å². The standard InChI is InChI=1S/C20H28N4O2S/c1-4-10-24(3)18-11-15(5-2)22-20(23-18)27-13-16-8-9-17(26-16)19(25)21-12-14-6-7-14/h8-9,11,14H,4-7,10,12-13H2,1-3H3,(H,21,25). The number of hydrogen-bond acceptors (Lipinski definition) is 6. The number of thioether (sulfide) groups is 1. The maximum Gasteiger partial charge on any atom is 0.287 e. The van der Waals surface area contributed by atoms with Crippen LogP contribution in [-0.2, 0) is 12.2 Å². The molecule has 1 saturated carbocycles. The number of aromatic nitrogens is 2. The maximum absolute atomic E-state index is 12.1. The summed E-state index contributed by atoms with van der Waals surface area (Å²) in [5.41, 5.74) is 1.03. The van der Waals surface area contributed by atoms with E-state index in [1.54, 1.807) is 6.07 Å². The first-order valence-electron chi connectivity index (χ1n) is 9.67. The second kappa shape index (κ2) is 9.26. The van der Waals surface area contributed by atoms with Crippen LogP contribution in [0.3, 0.4) is 0 Å². The van der Waals surface area contributed by atoms with Crippen LogP contribution in [0.1, 0.15) is 55.1 Å². The van der Waals surface area contributed by atoms with Gasteiger partial charge in [0, 0.05) is 31.9 Å². The van der Waals surface area contributed by atoms with Crippen molar-refractivity contribution in [1.29, 1.82) is 0 Å². The van der Waals surface area contributed by atoms with Crippen molar-refractivity contribution in [3.8, 4) is 0 Å². The zero-order valence-electron chi connectivity index (χ0n) is 16.3. The zero-order chi connectivity index (χ0) is 19.2. The van der Waals surface area contributed by atoms with Crippen molar-refractivity contribution in [3.05, 3.63) is 35.4 Å². The summed E-state index contributed by atoms with van der Waals surface area (Å²) in [7, 11) is 2.05. The smallest absolute Gasteiger partial charge is 0.287 e. The molecule has 0 radical (unpaired) electrons. The molecule has 7 heteroatoms. The van der Waals surface area contributed by atoms with E-state index >= 15 is 0 Å². The lowest BCUT2D eigenvalue weighted by atomic mass is 10.3. The van der Waals surface area contributed by atoms with Gasteiger partial charge < -0.3 is 14.6 Å². The number of hydrogen-bond donors (Lipinski definition) is 1. The molecule has 0 bridgehead atoms. The van der Waals surface area contributed by atoms with Crippen LogP contribution >= 0.6 is 11.8 Å². The van der Waals surface area contributed by atoms with Crippen molar-refractivity contribution in [2.45, 2.75) is 50.4 Å². The molecule has 0 spiro atoms. The fourth-order valence-corrected chi connectivity index (χ4v) is 3.48. The molecule has 27 heavy (non-hydrogen) atoms. The number of amides is 1. The molecular formula is C20H28N4O2S. The van der Waals surface area contributed by atoms with E-state index in [4.69, 9.17) is 4.42 Å². The summed E-state index contributed by atoms with van der Waals surface area (Å²) in [5.74, 6) is 3.20. The largest absolute Gasteiger partial charge is 0.455 e. The first kappa shape index (κ1) is 19.7. The highest BCUT2D eigenvalue weighted by atomic mass is 32.2. The number of rotatable bonds is 10. The highest BCUT2D eigenvalue weighted by Gasteiger charge is 2.22. The summed E-state index contributed by atoms with van der Waals surface area (Å²) < 4.78 is 5.69. The van der Waals surface area contributed by atoms with Gasteiger partial charge in [-0.3, -0.25) is 4.79 Å². The topological polar surface area (TPSA) is 71.3 Å². The monoisotopic (exact) mass is 388 g/mol. The third-order valence-corrected chi connectivity index (χ3v) is 5.40. The molecule has 2 heterocycles. The Morgan fingerprint density at radius 1 is 1.33 bits per heavy atom. The Hall–Kier alpha value is -2.02. The molecule has 1 amide bonds. The molecule has 6 nitrogen and oxygen atoms in total. The van der Waals surface area contributed by atoms with E-state index in [1.807, 2.05) is 6.07 Å². The van der Waals surface area contributed by atoms with Gasteiger partial charge in [-0.1, -0.05) is 25.6 Å². The molecule has 1 N–H and O–H groups in total. The predicted octanol–water partition coefficient (Wildman–Crippen LogP) is 3.91. The first-order chi connectivity index (χ1) is 13.1. The fraction of sp³-hybridized carbons (Fsp3) is 0.550. The molecule has 0 aliphatic heterocycles. The van der Waals surface area contributed by atoms with Crippen molar-refractivity contribution >= 4 is 23.5 Å². The minimum Gasteiger partial charge on any atom is -0.455 e. The second-order valence-corrected chi connectivity index (χ2v) is 7.93. The third kappa shape index (κ3) is 5.73. The van der Waals surface area contributed by atoms with Gasteiger partial charge in [0.1, 0.15) is 11.6 Å². The average molecular weight is 389 g/mol. The van der Waals surface area contributed by atoms with Gasteiger partial charge in [0.05, 0.1) is 5.75 Å². The Morgan fingerprint density at radius 3 is 2.85 bits per heavy atom. The maximum atomic E-state index is 12.1. The molecule has 0 atom stereocenters. The van der Waals surface area contributed by atoms with Crippen molar-refractivity contribution in [2.24, 2.45) is 5.92 Å². The van der Waals surface area contributed by atoms with Crippen molar-refractivity contribution < 1.29 is 9.21 Å². The molecule has 1 aliphatic carbocycles. The fourth-order valence-electron chi connectivity index (χ4n) is 2.71. The Bertz CT molecular complexity index is 773. The summed E-state index contributed by atoms with van der Waals surface area (Å²) in [6.45, 7) is 5.96. The lowest BCUT2D eigenvalue weighted by Gasteiger charge is -2.18. The van der Waals surface area contributed by atoms with E-state index in [1.165, 1.54) is 24.6 Å². The van der Waals surface area contributed by atoms with Crippen LogP contribution in [0.25, 0.3) is 0 Å². The molecule has 2 aromatic rings. The molecule has 1 fully saturated rings. The number of carbonyl (C=O) groups excluding carboxylic acids is 1. The summed E-state index contributed by atoms with van der Waals surface area (Å²) in [6.07, 6.45) is 4.37. The van der Waals surface area contributed by atoms with Crippen LogP contribution in [0.5, 0.6) is 0 Å². The number of furan rings is 1. The van der Waals surface area contributed by atoms with Crippen LogP contribution in [0.4, 0.5) is 5.82 Å². The Balaban J connectivity index is 1.60. The summed E-state index contributed by atoms with van der Waals surface area (Å²) in [5, 5.41) is 3.66. The van der Waals surface area contributed by atoms with Crippen LogP contribution in [0.15, 0.2) is 27.8 Å². The van der Waals surface area contributed by atoms with Crippen molar-refractivity contribution in [1.82, 2.24) is 15.3 Å². The van der Waals surface area contributed by atoms with Gasteiger partial charge in [0.15, 0.2) is 10.9 Å². The van der Waals surface area contributed by atoms with Gasteiger partial charge in [0.2, 0.25) is 0 Å². The van der Waals surface area contributed by atoms with Crippen molar-refractivity contribution in [3.63, 3.8) is 0 Å². The molecule has 3 rings (SSSR count). The molecule has 0 unspecified atom stereocenters. The molecular weight excluding hydrogens is 360 g/mol. The lowest BCUT2D eigenvalue weighted by Crippen LogP contribution is -2.24. The van der Waals surface area contributed by atoms with Crippen LogP contribution < -0.4 is 10.2 Å². The number of anilines is 1. The first-order valence-corrected chi connectivity index (χ1v) is 10.7. The van der Waals surface area contributed by atoms with E-state index < -0.39 is 0 Å².